The van der Waals surface area contributed by atoms with Gasteiger partial charge in [0.05, 0.1) is 0 Å². The van der Waals surface area contributed by atoms with Crippen molar-refractivity contribution in [2.45, 2.75) is 0 Å². The Morgan fingerprint density at radius 2 is 1.04 bits per heavy atom. The molecule has 242 valence electrons. The second kappa shape index (κ2) is 11.4. The monoisotopic (exact) mass is 681 g/mol. The van der Waals surface area contributed by atoms with Gasteiger partial charge in [-0.25, -0.2) is 15.0 Å². The highest BCUT2D eigenvalue weighted by molar-refractivity contribution is 7.25. The van der Waals surface area contributed by atoms with E-state index >= 15 is 0 Å². The maximum atomic E-state index is 6.72. The molecule has 0 atom stereocenters. The van der Waals surface area contributed by atoms with Crippen LogP contribution in [-0.2, 0) is 0 Å². The van der Waals surface area contributed by atoms with Crippen molar-refractivity contribution < 1.29 is 4.42 Å². The molecule has 0 saturated heterocycles. The van der Waals surface area contributed by atoms with Crippen LogP contribution in [0.5, 0.6) is 0 Å². The van der Waals surface area contributed by atoms with Gasteiger partial charge in [-0.1, -0.05) is 133 Å². The third-order valence-electron chi connectivity index (χ3n) is 10.1. The number of hydrogen-bond donors (Lipinski definition) is 0. The number of furan rings is 1. The van der Waals surface area contributed by atoms with E-state index < -0.39 is 0 Å². The second-order valence-corrected chi connectivity index (χ2v) is 14.2. The van der Waals surface area contributed by atoms with Crippen LogP contribution in [0.2, 0.25) is 0 Å². The van der Waals surface area contributed by atoms with E-state index in [1.165, 1.54) is 20.2 Å². The summed E-state index contributed by atoms with van der Waals surface area (Å²) in [6.45, 7) is 0. The van der Waals surface area contributed by atoms with Crippen LogP contribution in [0.4, 0.5) is 0 Å². The summed E-state index contributed by atoms with van der Waals surface area (Å²) in [5.41, 5.74) is 6.79. The van der Waals surface area contributed by atoms with Crippen molar-refractivity contribution in [2.75, 3.05) is 0 Å². The first kappa shape index (κ1) is 29.1. The van der Waals surface area contributed by atoms with E-state index in [0.29, 0.717) is 17.5 Å². The van der Waals surface area contributed by atoms with Crippen molar-refractivity contribution in [3.63, 3.8) is 0 Å². The van der Waals surface area contributed by atoms with E-state index in [1.54, 1.807) is 11.3 Å². The van der Waals surface area contributed by atoms with Crippen LogP contribution in [0, 0.1) is 0 Å². The number of fused-ring (bicyclic) bond motifs is 9. The number of aromatic nitrogens is 3. The van der Waals surface area contributed by atoms with Gasteiger partial charge in [-0.15, -0.1) is 11.3 Å². The van der Waals surface area contributed by atoms with E-state index in [9.17, 15) is 0 Å². The Bertz CT molecular complexity index is 3200. The van der Waals surface area contributed by atoms with E-state index in [1.807, 2.05) is 12.1 Å². The third kappa shape index (κ3) is 4.50. The molecule has 0 bridgehead atoms. The summed E-state index contributed by atoms with van der Waals surface area (Å²) in [5, 5.41) is 8.92. The van der Waals surface area contributed by atoms with Crippen LogP contribution in [0.3, 0.4) is 0 Å². The SMILES string of the molecule is c1ccc(-c2cc3c(oc4cccc(-c5nc(-c6ccc7ccccc7c6)nc(-c6cccc7sc8ccccc8c67)n5)c43)c3ccccc23)cc1. The fourth-order valence-electron chi connectivity index (χ4n) is 7.73. The van der Waals surface area contributed by atoms with E-state index in [4.69, 9.17) is 19.4 Å². The zero-order chi connectivity index (χ0) is 34.2. The molecule has 0 unspecified atom stereocenters. The Morgan fingerprint density at radius 3 is 1.88 bits per heavy atom. The molecule has 8 aromatic carbocycles. The number of thiophene rings is 1. The molecule has 0 radical (unpaired) electrons. The van der Waals surface area contributed by atoms with Crippen LogP contribution < -0.4 is 0 Å². The molecule has 0 spiro atoms. The molecule has 0 amide bonds. The lowest BCUT2D eigenvalue weighted by atomic mass is 9.94. The summed E-state index contributed by atoms with van der Waals surface area (Å²) >= 11 is 1.79. The van der Waals surface area contributed by atoms with E-state index in [-0.39, 0.29) is 0 Å². The first-order valence-corrected chi connectivity index (χ1v) is 18.2. The van der Waals surface area contributed by atoms with Crippen LogP contribution >= 0.6 is 11.3 Å². The highest BCUT2D eigenvalue weighted by atomic mass is 32.1. The summed E-state index contributed by atoms with van der Waals surface area (Å²) < 4.78 is 9.17. The molecule has 3 heterocycles. The molecule has 4 nitrogen and oxygen atoms in total. The van der Waals surface area contributed by atoms with Crippen molar-refractivity contribution >= 4 is 75.0 Å². The number of benzene rings is 8. The van der Waals surface area contributed by atoms with Crippen LogP contribution in [0.15, 0.2) is 168 Å². The van der Waals surface area contributed by atoms with Gasteiger partial charge in [0, 0.05) is 53.0 Å². The van der Waals surface area contributed by atoms with Crippen LogP contribution in [0.25, 0.3) is 109 Å². The molecular weight excluding hydrogens is 655 g/mol. The molecule has 0 saturated carbocycles. The number of hydrogen-bond acceptors (Lipinski definition) is 5. The first-order chi connectivity index (χ1) is 25.8. The van der Waals surface area contributed by atoms with E-state index in [2.05, 4.69) is 152 Å². The van der Waals surface area contributed by atoms with Crippen molar-refractivity contribution in [3.05, 3.63) is 164 Å². The maximum absolute atomic E-state index is 6.72. The second-order valence-electron chi connectivity index (χ2n) is 13.1. The quantitative estimate of drug-likeness (QED) is 0.185. The average Bonchev–Trinajstić information content (AvgIpc) is 3.79. The van der Waals surface area contributed by atoms with Gasteiger partial charge < -0.3 is 4.42 Å². The fraction of sp³-hybridized carbons (Fsp3) is 0. The lowest BCUT2D eigenvalue weighted by Crippen LogP contribution is -2.00. The highest BCUT2D eigenvalue weighted by Gasteiger charge is 2.22. The Balaban J connectivity index is 1.22. The van der Waals surface area contributed by atoms with Gasteiger partial charge in [-0.05, 0) is 57.6 Å². The molecule has 0 aliphatic heterocycles. The Kier molecular flexibility index (Phi) is 6.39. The van der Waals surface area contributed by atoms with Gasteiger partial charge in [0.2, 0.25) is 0 Å². The maximum Gasteiger partial charge on any atom is 0.164 e. The molecule has 3 aromatic heterocycles. The molecule has 0 aliphatic rings. The van der Waals surface area contributed by atoms with Gasteiger partial charge in [0.25, 0.3) is 0 Å². The Morgan fingerprint density at radius 1 is 0.385 bits per heavy atom. The van der Waals surface area contributed by atoms with Crippen LogP contribution in [0.1, 0.15) is 0 Å². The summed E-state index contributed by atoms with van der Waals surface area (Å²) in [7, 11) is 0. The number of rotatable bonds is 4. The summed E-state index contributed by atoms with van der Waals surface area (Å²) in [5.74, 6) is 1.87. The van der Waals surface area contributed by atoms with Crippen molar-refractivity contribution in [3.8, 4) is 45.3 Å². The lowest BCUT2D eigenvalue weighted by Gasteiger charge is -2.11. The van der Waals surface area contributed by atoms with Crippen molar-refractivity contribution in [2.24, 2.45) is 0 Å². The van der Waals surface area contributed by atoms with Gasteiger partial charge in [0.1, 0.15) is 11.2 Å². The summed E-state index contributed by atoms with van der Waals surface area (Å²) in [6.07, 6.45) is 0. The molecule has 0 fully saturated rings. The Hall–Kier alpha value is -6.69. The van der Waals surface area contributed by atoms with Gasteiger partial charge in [-0.3, -0.25) is 0 Å². The van der Waals surface area contributed by atoms with Crippen molar-refractivity contribution in [1.82, 2.24) is 15.0 Å². The third-order valence-corrected chi connectivity index (χ3v) is 11.3. The molecular formula is C47H27N3OS. The van der Waals surface area contributed by atoms with Gasteiger partial charge >= 0.3 is 0 Å². The zero-order valence-electron chi connectivity index (χ0n) is 27.7. The molecule has 0 N–H and O–H groups in total. The largest absolute Gasteiger partial charge is 0.455 e. The van der Waals surface area contributed by atoms with E-state index in [0.717, 1.165) is 71.3 Å². The fourth-order valence-corrected chi connectivity index (χ4v) is 8.86. The smallest absolute Gasteiger partial charge is 0.164 e. The minimum absolute atomic E-state index is 0.604. The molecule has 11 rings (SSSR count). The lowest BCUT2D eigenvalue weighted by molar-refractivity contribution is 0.673. The molecule has 52 heavy (non-hydrogen) atoms. The predicted octanol–water partition coefficient (Wildman–Crippen LogP) is 13.1. The normalized spacial score (nSPS) is 11.8. The zero-order valence-corrected chi connectivity index (χ0v) is 28.6. The van der Waals surface area contributed by atoms with Crippen LogP contribution in [-0.4, -0.2) is 15.0 Å². The molecule has 11 aromatic rings. The minimum Gasteiger partial charge on any atom is -0.455 e. The Labute approximate surface area is 302 Å². The van der Waals surface area contributed by atoms with Gasteiger partial charge in [-0.2, -0.15) is 0 Å². The topological polar surface area (TPSA) is 51.8 Å². The molecule has 5 heteroatoms. The summed E-state index contributed by atoms with van der Waals surface area (Å²) in [6, 6.07) is 57.3. The first-order valence-electron chi connectivity index (χ1n) is 17.4. The average molecular weight is 682 g/mol. The highest BCUT2D eigenvalue weighted by Crippen LogP contribution is 2.44. The number of nitrogens with zero attached hydrogens (tertiary/aromatic N) is 3. The van der Waals surface area contributed by atoms with Crippen molar-refractivity contribution in [1.29, 1.82) is 0 Å². The predicted molar refractivity (Wildman–Crippen MR) is 217 cm³/mol. The minimum atomic E-state index is 0.604. The molecule has 0 aliphatic carbocycles. The summed E-state index contributed by atoms with van der Waals surface area (Å²) in [4.78, 5) is 15.8. The van der Waals surface area contributed by atoms with Gasteiger partial charge in [0.15, 0.2) is 17.5 Å². The standard InChI is InChI=1S/C47H27N3OS/c1-2-13-29(14-3-1)37-27-38-42-35(19-10-21-39(42)51-44(38)33-17-7-6-16-32(33)37)46-48-45(31-25-24-28-12-4-5-15-30(28)26-31)49-47(50-46)36-20-11-23-41-43(36)34-18-8-9-22-40(34)52-41/h1-27H.